The number of ether oxygens (including phenoxy) is 1. The summed E-state index contributed by atoms with van der Waals surface area (Å²) in [6, 6.07) is 15.5. The Morgan fingerprint density at radius 2 is 1.69 bits per heavy atom. The maximum absolute atomic E-state index is 12.9. The second kappa shape index (κ2) is 13.9. The predicted octanol–water partition coefficient (Wildman–Crippen LogP) is 3.29. The molecule has 1 aliphatic heterocycles. The number of rotatable bonds is 11. The van der Waals surface area contributed by atoms with Crippen molar-refractivity contribution in [3.05, 3.63) is 65.9 Å². The molecule has 5 N–H and O–H groups in total. The number of amidine groups is 1. The fourth-order valence-corrected chi connectivity index (χ4v) is 5.13. The number of methoxy groups -OCH3 is 1. The summed E-state index contributed by atoms with van der Waals surface area (Å²) in [5.74, 6) is 0.579. The highest BCUT2D eigenvalue weighted by atomic mass is 16.5. The van der Waals surface area contributed by atoms with Crippen molar-refractivity contribution in [1.29, 1.82) is 0 Å². The summed E-state index contributed by atoms with van der Waals surface area (Å²) >= 11 is 0. The van der Waals surface area contributed by atoms with Crippen molar-refractivity contribution in [2.75, 3.05) is 39.1 Å². The van der Waals surface area contributed by atoms with Crippen molar-refractivity contribution in [3.63, 3.8) is 0 Å². The molecule has 0 spiro atoms. The van der Waals surface area contributed by atoms with Gasteiger partial charge in [0.05, 0.1) is 25.5 Å². The molecule has 1 unspecified atom stereocenters. The number of aliphatic imine (C=N–C) groups is 1. The van der Waals surface area contributed by atoms with Crippen LogP contribution in [0.25, 0.3) is 11.1 Å². The van der Waals surface area contributed by atoms with Gasteiger partial charge in [-0.2, -0.15) is 0 Å². The van der Waals surface area contributed by atoms with Crippen LogP contribution in [0.5, 0.6) is 0 Å². The molecule has 2 amide bonds. The summed E-state index contributed by atoms with van der Waals surface area (Å²) < 4.78 is 5.06. The summed E-state index contributed by atoms with van der Waals surface area (Å²) in [6.07, 6.45) is 7.40. The number of carbonyl (C=O) groups is 2. The molecule has 1 saturated carbocycles. The van der Waals surface area contributed by atoms with Crippen LogP contribution in [0.4, 0.5) is 5.69 Å². The lowest BCUT2D eigenvalue weighted by atomic mass is 9.93. The molecule has 1 heterocycles. The van der Waals surface area contributed by atoms with Gasteiger partial charge in [-0.05, 0) is 61.2 Å². The number of nitrogens with two attached hydrogens (primary N) is 1. The normalized spacial score (nSPS) is 17.7. The average molecular weight is 533 g/mol. The molecule has 0 saturated heterocycles. The number of benzene rings is 2. The molecule has 9 heteroatoms. The van der Waals surface area contributed by atoms with Crippen LogP contribution in [0.3, 0.4) is 0 Å². The van der Waals surface area contributed by atoms with E-state index in [0.29, 0.717) is 31.3 Å². The quantitative estimate of drug-likeness (QED) is 0.260. The third-order valence-electron chi connectivity index (χ3n) is 7.19. The highest BCUT2D eigenvalue weighted by Gasteiger charge is 2.30. The highest BCUT2D eigenvalue weighted by molar-refractivity contribution is 5.95. The summed E-state index contributed by atoms with van der Waals surface area (Å²) in [5, 5.41) is 9.24. The smallest absolute Gasteiger partial charge is 0.251 e. The minimum atomic E-state index is -0.270. The van der Waals surface area contributed by atoms with Crippen molar-refractivity contribution in [3.8, 4) is 11.1 Å². The Balaban J connectivity index is 1.40. The van der Waals surface area contributed by atoms with E-state index in [1.54, 1.807) is 7.11 Å². The highest BCUT2D eigenvalue weighted by Crippen LogP contribution is 2.26. The van der Waals surface area contributed by atoms with Crippen LogP contribution in [0.15, 0.2) is 65.3 Å². The Kier molecular flexibility index (Phi) is 10.1. The Labute approximate surface area is 230 Å². The Bertz CT molecular complexity index is 1170. The van der Waals surface area contributed by atoms with Gasteiger partial charge < -0.3 is 26.4 Å². The van der Waals surface area contributed by atoms with Gasteiger partial charge in [-0.1, -0.05) is 43.5 Å². The third kappa shape index (κ3) is 8.15. The number of nitrogens with one attached hydrogen (secondary N) is 3. The van der Waals surface area contributed by atoms with E-state index in [2.05, 4.69) is 20.9 Å². The standard InChI is InChI=1S/C30H40N6O3/c1-21-34-26(19-33-30(38)24-10-8-22(9-11-24)23-12-14-25(31)15-13-23)18-28(35-21)36(27-6-4-3-5-7-27)20-29(37)32-16-17-39-2/h8-15,18,27-28H,3-7,16-17,19-20,31H2,1-2H3,(H,32,37)(H,33,38)(H,34,35). The van der Waals surface area contributed by atoms with Gasteiger partial charge in [0.15, 0.2) is 0 Å². The summed E-state index contributed by atoms with van der Waals surface area (Å²) in [5.41, 5.74) is 10.0. The molecule has 1 fully saturated rings. The molecule has 9 nitrogen and oxygen atoms in total. The number of carbonyl (C=O) groups excluding carboxylic acids is 2. The second-order valence-corrected chi connectivity index (χ2v) is 10.1. The van der Waals surface area contributed by atoms with Gasteiger partial charge in [-0.3, -0.25) is 14.5 Å². The van der Waals surface area contributed by atoms with E-state index in [1.807, 2.05) is 61.5 Å². The first-order valence-corrected chi connectivity index (χ1v) is 13.7. The number of anilines is 1. The molecule has 0 bridgehead atoms. The zero-order valence-corrected chi connectivity index (χ0v) is 22.9. The average Bonchev–Trinajstić information content (AvgIpc) is 2.95. The summed E-state index contributed by atoms with van der Waals surface area (Å²) in [7, 11) is 1.62. The molecule has 2 aromatic rings. The minimum Gasteiger partial charge on any atom is -0.399 e. The van der Waals surface area contributed by atoms with E-state index in [4.69, 9.17) is 15.5 Å². The Morgan fingerprint density at radius 3 is 2.36 bits per heavy atom. The van der Waals surface area contributed by atoms with Gasteiger partial charge >= 0.3 is 0 Å². The van der Waals surface area contributed by atoms with Crippen LogP contribution < -0.4 is 21.7 Å². The molecule has 1 aliphatic carbocycles. The lowest BCUT2D eigenvalue weighted by Gasteiger charge is -2.38. The van der Waals surface area contributed by atoms with Crippen molar-refractivity contribution in [1.82, 2.24) is 20.9 Å². The Hall–Kier alpha value is -3.69. The van der Waals surface area contributed by atoms with Gasteiger partial charge in [-0.25, -0.2) is 4.99 Å². The van der Waals surface area contributed by atoms with Crippen molar-refractivity contribution >= 4 is 23.3 Å². The van der Waals surface area contributed by atoms with Crippen LogP contribution in [0.2, 0.25) is 0 Å². The SMILES string of the molecule is COCCNC(=O)CN(C1CCCCC1)C1C=C(CNC(=O)c2ccc(-c3ccc(N)cc3)cc2)NC(C)=N1. The minimum absolute atomic E-state index is 0.0327. The number of hydrogen-bond acceptors (Lipinski definition) is 7. The van der Waals surface area contributed by atoms with Crippen LogP contribution in [-0.4, -0.2) is 68.1 Å². The maximum atomic E-state index is 12.9. The van der Waals surface area contributed by atoms with E-state index in [0.717, 1.165) is 54.0 Å². The van der Waals surface area contributed by atoms with Crippen molar-refractivity contribution in [2.45, 2.75) is 51.2 Å². The first-order chi connectivity index (χ1) is 18.9. The van der Waals surface area contributed by atoms with E-state index >= 15 is 0 Å². The molecular formula is C30H40N6O3. The van der Waals surface area contributed by atoms with Gasteiger partial charge in [0.1, 0.15) is 6.17 Å². The zero-order valence-electron chi connectivity index (χ0n) is 22.9. The molecule has 39 heavy (non-hydrogen) atoms. The van der Waals surface area contributed by atoms with E-state index in [9.17, 15) is 9.59 Å². The molecule has 0 radical (unpaired) electrons. The van der Waals surface area contributed by atoms with Crippen molar-refractivity contribution < 1.29 is 14.3 Å². The monoisotopic (exact) mass is 532 g/mol. The zero-order chi connectivity index (χ0) is 27.6. The van der Waals surface area contributed by atoms with Gasteiger partial charge in [0, 0.05) is 36.6 Å². The predicted molar refractivity (Wildman–Crippen MR) is 155 cm³/mol. The van der Waals surface area contributed by atoms with E-state index in [1.165, 1.54) is 6.42 Å². The van der Waals surface area contributed by atoms with Crippen LogP contribution >= 0.6 is 0 Å². The van der Waals surface area contributed by atoms with Gasteiger partial charge in [-0.15, -0.1) is 0 Å². The fraction of sp³-hybridized carbons (Fsp3) is 0.433. The Morgan fingerprint density at radius 1 is 1.03 bits per heavy atom. The lowest BCUT2D eigenvalue weighted by Crippen LogP contribution is -2.50. The van der Waals surface area contributed by atoms with Crippen molar-refractivity contribution in [2.24, 2.45) is 4.99 Å². The number of amides is 2. The van der Waals surface area contributed by atoms with E-state index in [-0.39, 0.29) is 24.5 Å². The molecule has 2 aromatic carbocycles. The molecular weight excluding hydrogens is 492 g/mol. The topological polar surface area (TPSA) is 121 Å². The maximum Gasteiger partial charge on any atom is 0.251 e. The largest absolute Gasteiger partial charge is 0.399 e. The number of nitrogen functional groups attached to an aromatic ring is 1. The first-order valence-electron chi connectivity index (χ1n) is 13.7. The molecule has 208 valence electrons. The lowest BCUT2D eigenvalue weighted by molar-refractivity contribution is -0.123. The van der Waals surface area contributed by atoms with E-state index < -0.39 is 0 Å². The van der Waals surface area contributed by atoms with Crippen LogP contribution in [0, 0.1) is 0 Å². The molecule has 4 rings (SSSR count). The molecule has 2 aliphatic rings. The molecule has 1 atom stereocenters. The van der Waals surface area contributed by atoms with Crippen LogP contribution in [-0.2, 0) is 9.53 Å². The van der Waals surface area contributed by atoms with Gasteiger partial charge in [0.25, 0.3) is 5.91 Å². The first kappa shape index (κ1) is 28.3. The second-order valence-electron chi connectivity index (χ2n) is 10.1. The summed E-state index contributed by atoms with van der Waals surface area (Å²) in [6.45, 7) is 3.48. The van der Waals surface area contributed by atoms with Crippen LogP contribution in [0.1, 0.15) is 49.4 Å². The number of hydrogen-bond donors (Lipinski definition) is 4. The fourth-order valence-electron chi connectivity index (χ4n) is 5.13. The molecule has 0 aromatic heterocycles. The van der Waals surface area contributed by atoms with Gasteiger partial charge in [0.2, 0.25) is 5.91 Å². The number of nitrogens with zero attached hydrogens (tertiary/aromatic N) is 2. The third-order valence-corrected chi connectivity index (χ3v) is 7.19. The summed E-state index contributed by atoms with van der Waals surface area (Å²) in [4.78, 5) is 32.6.